The molecule has 0 radical (unpaired) electrons. The zero-order chi connectivity index (χ0) is 11.4. The van der Waals surface area contributed by atoms with E-state index in [9.17, 15) is 10.1 Å². The Kier molecular flexibility index (Phi) is 3.44. The summed E-state index contributed by atoms with van der Waals surface area (Å²) in [5, 5.41) is 10.8. The summed E-state index contributed by atoms with van der Waals surface area (Å²) >= 11 is 0. The molecule has 0 heterocycles. The first-order chi connectivity index (χ1) is 7.10. The number of nitro benzene ring substituents is 1. The first-order valence-electron chi connectivity index (χ1n) is 4.55. The SMILES string of the molecule is C=CC(C)c1cc(OC)ccc1[N+](=O)[O-]. The Labute approximate surface area is 88.3 Å². The predicted molar refractivity (Wildman–Crippen MR) is 58.3 cm³/mol. The summed E-state index contributed by atoms with van der Waals surface area (Å²) in [6.07, 6.45) is 1.67. The molecule has 0 fully saturated rings. The van der Waals surface area contributed by atoms with Crippen molar-refractivity contribution < 1.29 is 9.66 Å². The summed E-state index contributed by atoms with van der Waals surface area (Å²) < 4.78 is 5.03. The second-order valence-electron chi connectivity index (χ2n) is 3.21. The van der Waals surface area contributed by atoms with Gasteiger partial charge in [0.2, 0.25) is 0 Å². The summed E-state index contributed by atoms with van der Waals surface area (Å²) in [6.45, 7) is 5.49. The van der Waals surface area contributed by atoms with Gasteiger partial charge >= 0.3 is 0 Å². The van der Waals surface area contributed by atoms with Crippen molar-refractivity contribution in [3.8, 4) is 5.75 Å². The van der Waals surface area contributed by atoms with Gasteiger partial charge in [-0.25, -0.2) is 0 Å². The lowest BCUT2D eigenvalue weighted by molar-refractivity contribution is -0.385. The molecule has 1 rings (SSSR count). The molecular formula is C11H13NO3. The van der Waals surface area contributed by atoms with E-state index in [1.165, 1.54) is 13.2 Å². The highest BCUT2D eigenvalue weighted by molar-refractivity contribution is 5.48. The molecule has 1 aromatic rings. The molecule has 0 aromatic heterocycles. The van der Waals surface area contributed by atoms with E-state index in [1.807, 2.05) is 6.92 Å². The fourth-order valence-corrected chi connectivity index (χ4v) is 1.32. The lowest BCUT2D eigenvalue weighted by atomic mass is 9.99. The van der Waals surface area contributed by atoms with E-state index in [4.69, 9.17) is 4.74 Å². The minimum atomic E-state index is -0.394. The van der Waals surface area contributed by atoms with Crippen molar-refractivity contribution in [2.75, 3.05) is 7.11 Å². The Bertz CT molecular complexity index is 387. The molecule has 0 saturated carbocycles. The molecule has 0 aliphatic rings. The van der Waals surface area contributed by atoms with Crippen LogP contribution in [0.15, 0.2) is 30.9 Å². The van der Waals surface area contributed by atoms with E-state index in [-0.39, 0.29) is 11.6 Å². The molecule has 1 unspecified atom stereocenters. The van der Waals surface area contributed by atoms with Gasteiger partial charge in [-0.05, 0) is 12.1 Å². The van der Waals surface area contributed by atoms with Crippen LogP contribution in [0.1, 0.15) is 18.4 Å². The maximum atomic E-state index is 10.8. The molecule has 0 amide bonds. The van der Waals surface area contributed by atoms with E-state index in [2.05, 4.69) is 6.58 Å². The van der Waals surface area contributed by atoms with Gasteiger partial charge in [-0.15, -0.1) is 6.58 Å². The fourth-order valence-electron chi connectivity index (χ4n) is 1.32. The van der Waals surface area contributed by atoms with Crippen LogP contribution >= 0.6 is 0 Å². The van der Waals surface area contributed by atoms with E-state index in [1.54, 1.807) is 18.2 Å². The van der Waals surface area contributed by atoms with E-state index in [0.717, 1.165) is 0 Å². The molecule has 0 spiro atoms. The zero-order valence-corrected chi connectivity index (χ0v) is 8.77. The first kappa shape index (κ1) is 11.2. The number of benzene rings is 1. The summed E-state index contributed by atoms with van der Waals surface area (Å²) in [5.74, 6) is 0.546. The lowest BCUT2D eigenvalue weighted by Gasteiger charge is -2.08. The lowest BCUT2D eigenvalue weighted by Crippen LogP contribution is -1.98. The molecule has 1 atom stereocenters. The average molecular weight is 207 g/mol. The van der Waals surface area contributed by atoms with Gasteiger partial charge in [-0.2, -0.15) is 0 Å². The van der Waals surface area contributed by atoms with Crippen molar-refractivity contribution in [2.45, 2.75) is 12.8 Å². The molecule has 15 heavy (non-hydrogen) atoms. The van der Waals surface area contributed by atoms with Gasteiger partial charge in [0.1, 0.15) is 5.75 Å². The van der Waals surface area contributed by atoms with Gasteiger partial charge in [0.05, 0.1) is 12.0 Å². The minimum Gasteiger partial charge on any atom is -0.497 e. The molecule has 0 aliphatic carbocycles. The van der Waals surface area contributed by atoms with Gasteiger partial charge < -0.3 is 4.74 Å². The molecule has 80 valence electrons. The van der Waals surface area contributed by atoms with Gasteiger partial charge in [-0.3, -0.25) is 10.1 Å². The molecule has 4 nitrogen and oxygen atoms in total. The highest BCUT2D eigenvalue weighted by Gasteiger charge is 2.17. The fraction of sp³-hybridized carbons (Fsp3) is 0.273. The van der Waals surface area contributed by atoms with Gasteiger partial charge in [-0.1, -0.05) is 13.0 Å². The Morgan fingerprint density at radius 2 is 2.27 bits per heavy atom. The van der Waals surface area contributed by atoms with Crippen LogP contribution < -0.4 is 4.74 Å². The molecule has 1 aromatic carbocycles. The largest absolute Gasteiger partial charge is 0.497 e. The molecule has 0 bridgehead atoms. The molecule has 0 aliphatic heterocycles. The monoisotopic (exact) mass is 207 g/mol. The summed E-state index contributed by atoms with van der Waals surface area (Å²) in [7, 11) is 1.53. The number of nitro groups is 1. The smallest absolute Gasteiger partial charge is 0.273 e. The van der Waals surface area contributed by atoms with Gasteiger partial charge in [0.15, 0.2) is 0 Å². The highest BCUT2D eigenvalue weighted by atomic mass is 16.6. The van der Waals surface area contributed by atoms with Crippen molar-refractivity contribution in [1.29, 1.82) is 0 Å². The van der Waals surface area contributed by atoms with Crippen molar-refractivity contribution in [1.82, 2.24) is 0 Å². The second-order valence-corrected chi connectivity index (χ2v) is 3.21. The van der Waals surface area contributed by atoms with Crippen molar-refractivity contribution in [3.05, 3.63) is 46.5 Å². The van der Waals surface area contributed by atoms with Crippen LogP contribution in [0, 0.1) is 10.1 Å². The van der Waals surface area contributed by atoms with Crippen LogP contribution in [0.5, 0.6) is 5.75 Å². The number of hydrogen-bond acceptors (Lipinski definition) is 3. The van der Waals surface area contributed by atoms with E-state index >= 15 is 0 Å². The number of allylic oxidation sites excluding steroid dienone is 1. The third-order valence-electron chi connectivity index (χ3n) is 2.28. The number of rotatable bonds is 4. The van der Waals surface area contributed by atoms with Crippen LogP contribution in [0.4, 0.5) is 5.69 Å². The summed E-state index contributed by atoms with van der Waals surface area (Å²) in [6, 6.07) is 4.70. The topological polar surface area (TPSA) is 52.4 Å². The summed E-state index contributed by atoms with van der Waals surface area (Å²) in [4.78, 5) is 10.4. The normalized spacial score (nSPS) is 11.9. The maximum Gasteiger partial charge on any atom is 0.273 e. The third kappa shape index (κ3) is 2.34. The Morgan fingerprint density at radius 3 is 2.73 bits per heavy atom. The van der Waals surface area contributed by atoms with Crippen LogP contribution in [-0.4, -0.2) is 12.0 Å². The minimum absolute atomic E-state index is 0.0690. The maximum absolute atomic E-state index is 10.8. The highest BCUT2D eigenvalue weighted by Crippen LogP contribution is 2.30. The number of ether oxygens (including phenoxy) is 1. The van der Waals surface area contributed by atoms with Crippen LogP contribution in [0.2, 0.25) is 0 Å². The van der Waals surface area contributed by atoms with Crippen LogP contribution in [0.25, 0.3) is 0 Å². The third-order valence-corrected chi connectivity index (χ3v) is 2.28. The van der Waals surface area contributed by atoms with Crippen molar-refractivity contribution in [2.24, 2.45) is 0 Å². The molecule has 4 heteroatoms. The molecular weight excluding hydrogens is 194 g/mol. The molecule has 0 saturated heterocycles. The zero-order valence-electron chi connectivity index (χ0n) is 8.77. The standard InChI is InChI=1S/C11H13NO3/c1-4-8(2)10-7-9(15-3)5-6-11(10)12(13)14/h4-8H,1H2,2-3H3. The molecule has 0 N–H and O–H groups in total. The van der Waals surface area contributed by atoms with Crippen molar-refractivity contribution >= 4 is 5.69 Å². The quantitative estimate of drug-likeness (QED) is 0.433. The Morgan fingerprint density at radius 1 is 1.60 bits per heavy atom. The number of nitrogens with zero attached hydrogens (tertiary/aromatic N) is 1. The Balaban J connectivity index is 3.28. The number of methoxy groups -OCH3 is 1. The Hall–Kier alpha value is -1.84. The first-order valence-corrected chi connectivity index (χ1v) is 4.55. The van der Waals surface area contributed by atoms with Gasteiger partial charge in [0, 0.05) is 17.5 Å². The average Bonchev–Trinajstić information content (AvgIpc) is 2.26. The van der Waals surface area contributed by atoms with E-state index < -0.39 is 4.92 Å². The van der Waals surface area contributed by atoms with Crippen LogP contribution in [0.3, 0.4) is 0 Å². The second kappa shape index (κ2) is 4.59. The number of hydrogen-bond donors (Lipinski definition) is 0. The predicted octanol–water partition coefficient (Wildman–Crippen LogP) is 2.89. The van der Waals surface area contributed by atoms with Gasteiger partial charge in [0.25, 0.3) is 5.69 Å². The van der Waals surface area contributed by atoms with Crippen LogP contribution in [-0.2, 0) is 0 Å². The van der Waals surface area contributed by atoms with Crippen molar-refractivity contribution in [3.63, 3.8) is 0 Å². The summed E-state index contributed by atoms with van der Waals surface area (Å²) in [5.41, 5.74) is 0.720. The van der Waals surface area contributed by atoms with E-state index in [0.29, 0.717) is 11.3 Å².